The van der Waals surface area contributed by atoms with Gasteiger partial charge in [0.05, 0.1) is 84.5 Å². The minimum atomic E-state index is -3.70. The maximum absolute atomic E-state index is 14.2. The highest BCUT2D eigenvalue weighted by molar-refractivity contribution is 7.91. The summed E-state index contributed by atoms with van der Waals surface area (Å²) in [7, 11) is -7.30. The van der Waals surface area contributed by atoms with Gasteiger partial charge in [0.25, 0.3) is 11.8 Å². The second kappa shape index (κ2) is 46.2. The van der Waals surface area contributed by atoms with Crippen molar-refractivity contribution in [1.82, 2.24) is 9.80 Å². The van der Waals surface area contributed by atoms with Crippen LogP contribution in [0.2, 0.25) is 20.1 Å². The third-order valence-electron chi connectivity index (χ3n) is 19.7. The van der Waals surface area contributed by atoms with Gasteiger partial charge in [0, 0.05) is 93.2 Å². The number of carbonyl (C=O) groups excluding carboxylic acids is 12. The van der Waals surface area contributed by atoms with E-state index in [1.807, 2.05) is 0 Å². The van der Waals surface area contributed by atoms with Crippen LogP contribution in [-0.2, 0) is 134 Å². The van der Waals surface area contributed by atoms with Gasteiger partial charge in [0.2, 0.25) is 12.6 Å². The van der Waals surface area contributed by atoms with Gasteiger partial charge in [-0.2, -0.15) is 0 Å². The Morgan fingerprint density at radius 3 is 1.21 bits per heavy atom. The van der Waals surface area contributed by atoms with Gasteiger partial charge >= 0.3 is 48.5 Å². The SMILES string of the molecule is C=CCOC(=O)O[C@H](C)C(=O)OCC(COC(=O)OC(C)OC(=O)[C@@H](CC(=O)c1c(Cl)cc2c(c1Cl)CCN(C(=O)c1ccc3ccoc3c1)C2)Cc1cccc(S(C)(=O)=O)c1)COC(=O)[C@@H](C)OC(=O)OCC=C.CC(OC(=O)OCC(CO)CO)OC(=O)[C@@H](CC(=O)c1c(Cl)cc2c(c1Cl)CCN(C(=O)c1ccc3ccoc3c1)C2)Cc1cccc(S(C)(=O)=O)c1. The molecule has 2 unspecified atom stereocenters. The Morgan fingerprint density at radius 1 is 0.461 bits per heavy atom. The standard InChI is InChI=1S/C51H53Cl2NO20S.C37H37Cl2NO12S/c1-7-17-66-49(60)71-29(3)46(57)68-26-33(27-69-47(58)30(4)72-50(61)67-18-8-2)28-70-51(62)74-31(5)73-48(59)36(20-32-10-9-11-38(21-32)75(6,63)64)23-41(55)43-40(52)22-37-25-54(16-14-39(37)44(43)53)45(56)35-13-12-34-15-19-65-42(34)24-35;1-21(52-37(46)50-20-23(18-41)19-42)51-36(45)26(12-22-4-3-5-28(13-22)53(2,47)48)15-31(43)33-30(38)14-27-17-40(10-8-29(27)34(33)39)35(44)25-7-6-24-9-11-49-32(24)16-25/h7-13,15,19,21-22,24,29-31,33,36H,1-2,14,16-18,20,23,25-28H2,3-6H3;3-7,9,11,13-14,16,21,23,26,41-42H,8,10,12,15,17-20H2,1-2H3/t29-,30-,31?,36-;21?,26-/m11/s1. The van der Waals surface area contributed by atoms with E-state index in [4.69, 9.17) is 113 Å². The summed E-state index contributed by atoms with van der Waals surface area (Å²) in [6.45, 7) is 8.93. The topological polar surface area (TPSA) is 457 Å². The molecule has 0 spiro atoms. The van der Waals surface area contributed by atoms with Gasteiger partial charge in [-0.25, -0.2) is 45.6 Å². The van der Waals surface area contributed by atoms with E-state index in [0.717, 1.165) is 30.2 Å². The van der Waals surface area contributed by atoms with E-state index >= 15 is 0 Å². The maximum Gasteiger partial charge on any atom is 0.511 e. The van der Waals surface area contributed by atoms with Crippen LogP contribution in [0, 0.1) is 23.7 Å². The van der Waals surface area contributed by atoms with Crippen molar-refractivity contribution >= 4 is 160 Å². The van der Waals surface area contributed by atoms with Gasteiger partial charge in [0.15, 0.2) is 43.4 Å². The van der Waals surface area contributed by atoms with Gasteiger partial charge in [-0.15, -0.1) is 0 Å². The van der Waals surface area contributed by atoms with Crippen molar-refractivity contribution < 1.29 is 150 Å². The number of hydrogen-bond donors (Lipinski definition) is 2. The lowest BCUT2D eigenvalue weighted by molar-refractivity contribution is -0.174. The monoisotopic (exact) mass is 1890 g/mol. The number of amides is 2. The second-order valence-corrected chi connectivity index (χ2v) is 35.1. The van der Waals surface area contributed by atoms with E-state index in [1.54, 1.807) is 76.7 Å². The summed E-state index contributed by atoms with van der Waals surface area (Å²) >= 11 is 27.1. The Hall–Kier alpha value is -11.9. The van der Waals surface area contributed by atoms with Crippen LogP contribution in [0.25, 0.3) is 21.9 Å². The summed E-state index contributed by atoms with van der Waals surface area (Å²) in [6.07, 6.45) is -4.34. The van der Waals surface area contributed by atoms with Crippen LogP contribution in [0.15, 0.2) is 166 Å². The first-order chi connectivity index (χ1) is 60.7. The molecular formula is C88H90Cl4N2O32S2. The first-order valence-corrected chi connectivity index (χ1v) is 44.7. The quantitative estimate of drug-likeness (QED) is 0.0119. The molecule has 0 bridgehead atoms. The molecule has 2 N–H and O–H groups in total. The normalized spacial score (nSPS) is 13.8. The van der Waals surface area contributed by atoms with E-state index in [-0.39, 0.29) is 112 Å². The van der Waals surface area contributed by atoms with Crippen LogP contribution in [0.5, 0.6) is 0 Å². The van der Waals surface area contributed by atoms with Crippen molar-refractivity contribution in [3.05, 3.63) is 223 Å². The van der Waals surface area contributed by atoms with Crippen molar-refractivity contribution in [2.45, 2.75) is 114 Å². The second-order valence-electron chi connectivity index (χ2n) is 29.5. The third-order valence-corrected chi connectivity index (χ3v) is 23.4. The van der Waals surface area contributed by atoms with Crippen molar-refractivity contribution in [3.8, 4) is 0 Å². The summed E-state index contributed by atoms with van der Waals surface area (Å²) in [6, 6.07) is 28.6. The van der Waals surface area contributed by atoms with Gasteiger partial charge in [-0.1, -0.05) is 108 Å². The minimum Gasteiger partial charge on any atom is -0.464 e. The van der Waals surface area contributed by atoms with E-state index in [1.165, 1.54) is 87.7 Å². The minimum absolute atomic E-state index is 0.00627. The van der Waals surface area contributed by atoms with Gasteiger partial charge in [-0.3, -0.25) is 28.8 Å². The summed E-state index contributed by atoms with van der Waals surface area (Å²) < 4.78 is 121. The highest BCUT2D eigenvalue weighted by Crippen LogP contribution is 2.40. The number of ether oxygens (including phenoxy) is 12. The molecule has 40 heteroatoms. The van der Waals surface area contributed by atoms with E-state index < -0.39 is 174 Å². The molecule has 34 nitrogen and oxygen atoms in total. The molecule has 128 heavy (non-hydrogen) atoms. The lowest BCUT2D eigenvalue weighted by atomic mass is 9.89. The van der Waals surface area contributed by atoms with Crippen molar-refractivity contribution in [2.24, 2.45) is 23.7 Å². The number of furan rings is 2. The molecule has 0 aliphatic carbocycles. The van der Waals surface area contributed by atoms with Crippen LogP contribution < -0.4 is 0 Å². The zero-order valence-electron chi connectivity index (χ0n) is 69.8. The average molecular weight is 1890 g/mol. The molecule has 0 radical (unpaired) electrons. The van der Waals surface area contributed by atoms with Crippen LogP contribution in [0.1, 0.15) is 115 Å². The number of esters is 4. The molecule has 0 saturated heterocycles. The van der Waals surface area contributed by atoms with Gasteiger partial charge in [-0.05, 0) is 146 Å². The number of halogens is 4. The first-order valence-electron chi connectivity index (χ1n) is 39.4. The van der Waals surface area contributed by atoms with E-state index in [2.05, 4.69) is 22.6 Å². The van der Waals surface area contributed by atoms with Crippen molar-refractivity contribution in [2.75, 3.05) is 78.5 Å². The number of Topliss-reactive ketones (excluding diaryl/α,β-unsaturated/α-hetero) is 2. The molecule has 4 heterocycles. The molecule has 10 rings (SSSR count). The molecule has 684 valence electrons. The average Bonchev–Trinajstić information content (AvgIpc) is 0.840. The Bertz CT molecular complexity index is 5680. The van der Waals surface area contributed by atoms with E-state index in [0.29, 0.717) is 68.6 Å². The fourth-order valence-corrected chi connectivity index (χ4v) is 16.1. The molecule has 2 aliphatic rings. The van der Waals surface area contributed by atoms with Crippen LogP contribution in [0.4, 0.5) is 19.2 Å². The lowest BCUT2D eigenvalue weighted by Gasteiger charge is -2.30. The number of benzene rings is 6. The molecule has 2 amide bonds. The number of sulfone groups is 2. The fourth-order valence-electron chi connectivity index (χ4n) is 13.1. The number of ketones is 2. The van der Waals surface area contributed by atoms with Gasteiger partial charge in [0.1, 0.15) is 50.8 Å². The number of aliphatic hydroxyl groups excluding tert-OH is 2. The highest BCUT2D eigenvalue weighted by Gasteiger charge is 2.37. The molecule has 2 aliphatic heterocycles. The van der Waals surface area contributed by atoms with Crippen LogP contribution in [-0.4, -0.2) is 212 Å². The molecule has 0 fully saturated rings. The molecular weight excluding hydrogens is 1800 g/mol. The Balaban J connectivity index is 0.000000306. The predicted octanol–water partition coefficient (Wildman–Crippen LogP) is 13.4. The maximum atomic E-state index is 14.2. The Kier molecular flexibility index (Phi) is 36.0. The van der Waals surface area contributed by atoms with Crippen LogP contribution in [0.3, 0.4) is 0 Å². The van der Waals surface area contributed by atoms with Crippen LogP contribution >= 0.6 is 46.4 Å². The Labute approximate surface area is 754 Å². The smallest absolute Gasteiger partial charge is 0.464 e. The summed E-state index contributed by atoms with van der Waals surface area (Å²) in [5, 5.41) is 20.1. The molecule has 6 atom stereocenters. The Morgan fingerprint density at radius 2 is 0.836 bits per heavy atom. The zero-order valence-corrected chi connectivity index (χ0v) is 74.5. The third kappa shape index (κ3) is 28.1. The molecule has 0 saturated carbocycles. The summed E-state index contributed by atoms with van der Waals surface area (Å²) in [5.41, 5.74) is 5.10. The molecule has 8 aromatic rings. The number of hydrogen-bond acceptors (Lipinski definition) is 32. The lowest BCUT2D eigenvalue weighted by Crippen LogP contribution is -2.36. The summed E-state index contributed by atoms with van der Waals surface area (Å²) in [5.74, 6) is -10.3. The number of carbonyl (C=O) groups is 12. The number of aliphatic hydroxyl groups is 2. The summed E-state index contributed by atoms with van der Waals surface area (Å²) in [4.78, 5) is 160. The molecule has 2 aromatic heterocycles. The fraction of sp³-hybridized carbons (Fsp3) is 0.364. The first kappa shape index (κ1) is 99.9. The largest absolute Gasteiger partial charge is 0.511 e. The predicted molar refractivity (Wildman–Crippen MR) is 457 cm³/mol. The van der Waals surface area contributed by atoms with E-state index in [9.17, 15) is 74.4 Å². The molecule has 6 aromatic carbocycles. The zero-order chi connectivity index (χ0) is 93.4. The number of rotatable bonds is 38. The number of nitrogens with zero attached hydrogens (tertiary/aromatic N) is 2. The number of fused-ring (bicyclic) bond motifs is 4. The van der Waals surface area contributed by atoms with Gasteiger partial charge < -0.3 is 85.7 Å². The van der Waals surface area contributed by atoms with Crippen molar-refractivity contribution in [3.63, 3.8) is 0 Å². The highest BCUT2D eigenvalue weighted by atomic mass is 35.5. The van der Waals surface area contributed by atoms with Crippen molar-refractivity contribution in [1.29, 1.82) is 0 Å².